The van der Waals surface area contributed by atoms with Gasteiger partial charge in [-0.3, -0.25) is 0 Å². The monoisotopic (exact) mass is 301 g/mol. The fraction of sp³-hybridized carbons (Fsp3) is 0.474. The SMILES string of the molecule is CCCCn1c(C)c(-c2ccc(Cl)cc2)c2c1CCCC2. The molecule has 112 valence electrons. The van der Waals surface area contributed by atoms with Crippen LogP contribution in [0.1, 0.15) is 49.6 Å². The van der Waals surface area contributed by atoms with Crippen molar-refractivity contribution < 1.29 is 0 Å². The summed E-state index contributed by atoms with van der Waals surface area (Å²) in [5.74, 6) is 0. The van der Waals surface area contributed by atoms with E-state index in [4.69, 9.17) is 11.6 Å². The first kappa shape index (κ1) is 14.7. The Bertz CT molecular complexity index is 622. The van der Waals surface area contributed by atoms with Crippen molar-refractivity contribution in [3.8, 4) is 11.1 Å². The normalized spacial score (nSPS) is 14.2. The molecule has 3 rings (SSSR count). The number of hydrogen-bond donors (Lipinski definition) is 0. The Morgan fingerprint density at radius 1 is 1.10 bits per heavy atom. The lowest BCUT2D eigenvalue weighted by Gasteiger charge is -2.16. The number of unbranched alkanes of at least 4 members (excludes halogenated alkanes) is 1. The molecule has 1 aliphatic carbocycles. The van der Waals surface area contributed by atoms with E-state index in [1.54, 1.807) is 11.3 Å². The predicted molar refractivity (Wildman–Crippen MR) is 91.2 cm³/mol. The van der Waals surface area contributed by atoms with Gasteiger partial charge in [0.15, 0.2) is 0 Å². The van der Waals surface area contributed by atoms with Crippen LogP contribution in [-0.4, -0.2) is 4.57 Å². The maximum atomic E-state index is 6.05. The Morgan fingerprint density at radius 2 is 1.81 bits per heavy atom. The summed E-state index contributed by atoms with van der Waals surface area (Å²) < 4.78 is 2.59. The summed E-state index contributed by atoms with van der Waals surface area (Å²) in [6.45, 7) is 5.72. The van der Waals surface area contributed by atoms with E-state index in [2.05, 4.69) is 30.5 Å². The van der Waals surface area contributed by atoms with Gasteiger partial charge < -0.3 is 4.57 Å². The number of fused-ring (bicyclic) bond motifs is 1. The van der Waals surface area contributed by atoms with Gasteiger partial charge in [0.2, 0.25) is 0 Å². The van der Waals surface area contributed by atoms with Gasteiger partial charge in [0.1, 0.15) is 0 Å². The summed E-state index contributed by atoms with van der Waals surface area (Å²) in [7, 11) is 0. The summed E-state index contributed by atoms with van der Waals surface area (Å²) >= 11 is 6.05. The van der Waals surface area contributed by atoms with Crippen LogP contribution >= 0.6 is 11.6 Å². The number of hydrogen-bond acceptors (Lipinski definition) is 0. The van der Waals surface area contributed by atoms with Gasteiger partial charge in [-0.1, -0.05) is 37.1 Å². The zero-order valence-corrected chi connectivity index (χ0v) is 13.8. The second-order valence-electron chi connectivity index (χ2n) is 6.10. The summed E-state index contributed by atoms with van der Waals surface area (Å²) in [4.78, 5) is 0. The molecule has 1 aromatic carbocycles. The standard InChI is InChI=1S/C19H24ClN/c1-3-4-13-21-14(2)19(15-9-11-16(20)12-10-15)17-7-5-6-8-18(17)21/h9-12H,3-8,13H2,1-2H3. The molecule has 1 heterocycles. The molecule has 0 radical (unpaired) electrons. The number of nitrogens with zero attached hydrogens (tertiary/aromatic N) is 1. The molecule has 0 saturated heterocycles. The fourth-order valence-electron chi connectivity index (χ4n) is 3.63. The molecule has 0 spiro atoms. The second kappa shape index (κ2) is 6.27. The molecule has 0 unspecified atom stereocenters. The molecule has 0 aliphatic heterocycles. The lowest BCUT2D eigenvalue weighted by atomic mass is 9.91. The van der Waals surface area contributed by atoms with Crippen molar-refractivity contribution in [3.63, 3.8) is 0 Å². The van der Waals surface area contributed by atoms with Crippen LogP contribution in [0.25, 0.3) is 11.1 Å². The van der Waals surface area contributed by atoms with Crippen LogP contribution in [0.4, 0.5) is 0 Å². The molecular formula is C19H24ClN. The van der Waals surface area contributed by atoms with Crippen molar-refractivity contribution >= 4 is 11.6 Å². The number of aromatic nitrogens is 1. The van der Waals surface area contributed by atoms with Crippen molar-refractivity contribution in [1.29, 1.82) is 0 Å². The second-order valence-corrected chi connectivity index (χ2v) is 6.54. The number of halogens is 1. The van der Waals surface area contributed by atoms with Gasteiger partial charge >= 0.3 is 0 Å². The highest BCUT2D eigenvalue weighted by Gasteiger charge is 2.23. The highest BCUT2D eigenvalue weighted by Crippen LogP contribution is 2.37. The maximum Gasteiger partial charge on any atom is 0.0406 e. The fourth-order valence-corrected chi connectivity index (χ4v) is 3.76. The van der Waals surface area contributed by atoms with Crippen molar-refractivity contribution in [2.24, 2.45) is 0 Å². The average Bonchev–Trinajstić information content (AvgIpc) is 2.78. The van der Waals surface area contributed by atoms with Gasteiger partial charge in [0.25, 0.3) is 0 Å². The van der Waals surface area contributed by atoms with Crippen LogP contribution in [0.15, 0.2) is 24.3 Å². The Kier molecular flexibility index (Phi) is 4.40. The third-order valence-corrected chi connectivity index (χ3v) is 4.95. The van der Waals surface area contributed by atoms with Crippen molar-refractivity contribution in [2.45, 2.75) is 58.9 Å². The number of benzene rings is 1. The van der Waals surface area contributed by atoms with Gasteiger partial charge in [-0.15, -0.1) is 0 Å². The molecule has 0 bridgehead atoms. The lowest BCUT2D eigenvalue weighted by Crippen LogP contribution is -2.09. The van der Waals surface area contributed by atoms with Gasteiger partial charge in [-0.25, -0.2) is 0 Å². The first-order valence-corrected chi connectivity index (χ1v) is 8.57. The van der Waals surface area contributed by atoms with Crippen LogP contribution in [0.5, 0.6) is 0 Å². The first-order valence-electron chi connectivity index (χ1n) is 8.19. The van der Waals surface area contributed by atoms with Crippen LogP contribution in [-0.2, 0) is 19.4 Å². The van der Waals surface area contributed by atoms with Crippen molar-refractivity contribution in [2.75, 3.05) is 0 Å². The predicted octanol–water partition coefficient (Wildman–Crippen LogP) is 5.80. The van der Waals surface area contributed by atoms with Crippen LogP contribution < -0.4 is 0 Å². The van der Waals surface area contributed by atoms with Crippen LogP contribution in [0.3, 0.4) is 0 Å². The largest absolute Gasteiger partial charge is 0.348 e. The first-order chi connectivity index (χ1) is 10.2. The minimum absolute atomic E-state index is 0.815. The minimum Gasteiger partial charge on any atom is -0.348 e. The third kappa shape index (κ3) is 2.76. The zero-order valence-electron chi connectivity index (χ0n) is 13.1. The molecule has 2 aromatic rings. The molecule has 0 atom stereocenters. The summed E-state index contributed by atoms with van der Waals surface area (Å²) in [5, 5.41) is 0.815. The van der Waals surface area contributed by atoms with E-state index in [-0.39, 0.29) is 0 Å². The Balaban J connectivity index is 2.11. The molecule has 0 N–H and O–H groups in total. The molecular weight excluding hydrogens is 278 g/mol. The smallest absolute Gasteiger partial charge is 0.0406 e. The van der Waals surface area contributed by atoms with E-state index in [0.29, 0.717) is 0 Å². The van der Waals surface area contributed by atoms with E-state index in [0.717, 1.165) is 11.6 Å². The Labute approximate surface area is 132 Å². The third-order valence-electron chi connectivity index (χ3n) is 4.70. The van der Waals surface area contributed by atoms with E-state index in [1.807, 2.05) is 12.1 Å². The molecule has 0 fully saturated rings. The summed E-state index contributed by atoms with van der Waals surface area (Å²) in [6.07, 6.45) is 7.65. The summed E-state index contributed by atoms with van der Waals surface area (Å²) in [6, 6.07) is 8.36. The van der Waals surface area contributed by atoms with Crippen molar-refractivity contribution in [3.05, 3.63) is 46.2 Å². The Hall–Kier alpha value is -1.21. The van der Waals surface area contributed by atoms with Gasteiger partial charge in [0, 0.05) is 28.5 Å². The Morgan fingerprint density at radius 3 is 2.52 bits per heavy atom. The molecule has 0 amide bonds. The molecule has 1 aromatic heterocycles. The van der Waals surface area contributed by atoms with E-state index >= 15 is 0 Å². The van der Waals surface area contributed by atoms with Crippen LogP contribution in [0, 0.1) is 6.92 Å². The average molecular weight is 302 g/mol. The quantitative estimate of drug-likeness (QED) is 0.673. The van der Waals surface area contributed by atoms with Gasteiger partial charge in [-0.2, -0.15) is 0 Å². The highest BCUT2D eigenvalue weighted by molar-refractivity contribution is 6.30. The number of rotatable bonds is 4. The topological polar surface area (TPSA) is 4.93 Å². The lowest BCUT2D eigenvalue weighted by molar-refractivity contribution is 0.568. The van der Waals surface area contributed by atoms with Gasteiger partial charge in [-0.05, 0) is 62.3 Å². The zero-order chi connectivity index (χ0) is 14.8. The molecule has 2 heteroatoms. The van der Waals surface area contributed by atoms with E-state index in [9.17, 15) is 0 Å². The minimum atomic E-state index is 0.815. The molecule has 1 nitrogen and oxygen atoms in total. The molecule has 1 aliphatic rings. The van der Waals surface area contributed by atoms with Gasteiger partial charge in [0.05, 0.1) is 0 Å². The molecule has 0 saturated carbocycles. The maximum absolute atomic E-state index is 6.05. The van der Waals surface area contributed by atoms with Crippen molar-refractivity contribution in [1.82, 2.24) is 4.57 Å². The summed E-state index contributed by atoms with van der Waals surface area (Å²) in [5.41, 5.74) is 7.43. The van der Waals surface area contributed by atoms with Crippen LogP contribution in [0.2, 0.25) is 5.02 Å². The highest BCUT2D eigenvalue weighted by atomic mass is 35.5. The molecule has 21 heavy (non-hydrogen) atoms. The van der Waals surface area contributed by atoms with E-state index < -0.39 is 0 Å². The van der Waals surface area contributed by atoms with E-state index in [1.165, 1.54) is 55.3 Å².